The fourth-order valence-corrected chi connectivity index (χ4v) is 3.11. The van der Waals surface area contributed by atoms with Gasteiger partial charge >= 0.3 is 5.97 Å². The number of amides is 1. The van der Waals surface area contributed by atoms with Crippen LogP contribution in [0.15, 0.2) is 36.6 Å². The highest BCUT2D eigenvalue weighted by molar-refractivity contribution is 6.00. The van der Waals surface area contributed by atoms with Gasteiger partial charge in [-0.25, -0.2) is 9.78 Å². The first-order chi connectivity index (χ1) is 12.5. The number of hydrogen-bond acceptors (Lipinski definition) is 5. The Morgan fingerprint density at radius 1 is 1.35 bits per heavy atom. The summed E-state index contributed by atoms with van der Waals surface area (Å²) in [5.41, 5.74) is 1.46. The summed E-state index contributed by atoms with van der Waals surface area (Å²) in [5, 5.41) is 7.16. The van der Waals surface area contributed by atoms with Gasteiger partial charge in [0.1, 0.15) is 5.56 Å². The Hall–Kier alpha value is -2.96. The molecule has 2 atom stereocenters. The van der Waals surface area contributed by atoms with E-state index in [1.165, 1.54) is 17.8 Å². The first-order valence-electron chi connectivity index (χ1n) is 8.56. The minimum Gasteiger partial charge on any atom is -0.465 e. The van der Waals surface area contributed by atoms with E-state index >= 15 is 0 Å². The van der Waals surface area contributed by atoms with E-state index in [2.05, 4.69) is 28.4 Å². The standard InChI is InChI=1S/C19H22N4O3/c1-12-6-4-5-7-14(8-12)10-17(24)21-18-15(19(25)26-3)11-20-16-9-13(2)22-23(16)18/h4-7,9,11-12,14H,8,10H2,1-3H3,(H,21,24). The molecule has 3 rings (SSSR count). The van der Waals surface area contributed by atoms with Crippen molar-refractivity contribution in [3.8, 4) is 0 Å². The quantitative estimate of drug-likeness (QED) is 0.853. The van der Waals surface area contributed by atoms with Crippen molar-refractivity contribution in [1.82, 2.24) is 14.6 Å². The Kier molecular flexibility index (Phi) is 5.16. The van der Waals surface area contributed by atoms with Gasteiger partial charge in [0.05, 0.1) is 12.8 Å². The predicted octanol–water partition coefficient (Wildman–Crippen LogP) is 2.92. The average molecular weight is 354 g/mol. The number of esters is 1. The number of fused-ring (bicyclic) bond motifs is 1. The van der Waals surface area contributed by atoms with Gasteiger partial charge in [-0.3, -0.25) is 4.79 Å². The molecule has 2 aromatic rings. The van der Waals surface area contributed by atoms with E-state index in [0.29, 0.717) is 18.0 Å². The fraction of sp³-hybridized carbons (Fsp3) is 0.368. The molecule has 2 aromatic heterocycles. The van der Waals surface area contributed by atoms with E-state index in [1.54, 1.807) is 6.07 Å². The number of carbonyl (C=O) groups is 2. The molecule has 1 aliphatic rings. The maximum atomic E-state index is 12.6. The minimum atomic E-state index is -0.574. The van der Waals surface area contributed by atoms with Crippen molar-refractivity contribution in [2.75, 3.05) is 12.4 Å². The maximum absolute atomic E-state index is 12.6. The van der Waals surface area contributed by atoms with Crippen LogP contribution in [0.2, 0.25) is 0 Å². The van der Waals surface area contributed by atoms with E-state index in [-0.39, 0.29) is 23.2 Å². The van der Waals surface area contributed by atoms with Gasteiger partial charge in [-0.1, -0.05) is 31.2 Å². The number of hydrogen-bond donors (Lipinski definition) is 1. The lowest BCUT2D eigenvalue weighted by molar-refractivity contribution is -0.116. The van der Waals surface area contributed by atoms with E-state index in [1.807, 2.05) is 25.2 Å². The number of methoxy groups -OCH3 is 1. The third-order valence-electron chi connectivity index (χ3n) is 4.32. The Labute approximate surface area is 151 Å². The third kappa shape index (κ3) is 3.82. The van der Waals surface area contributed by atoms with Gasteiger partial charge < -0.3 is 10.1 Å². The number of allylic oxidation sites excluding steroid dienone is 4. The van der Waals surface area contributed by atoms with Crippen LogP contribution in [0.25, 0.3) is 5.65 Å². The molecular weight excluding hydrogens is 332 g/mol. The van der Waals surface area contributed by atoms with Crippen LogP contribution in [-0.2, 0) is 9.53 Å². The molecule has 7 nitrogen and oxygen atoms in total. The molecule has 1 amide bonds. The number of aryl methyl sites for hydroxylation is 1. The van der Waals surface area contributed by atoms with E-state index < -0.39 is 5.97 Å². The molecule has 26 heavy (non-hydrogen) atoms. The lowest BCUT2D eigenvalue weighted by Crippen LogP contribution is -2.21. The van der Waals surface area contributed by atoms with Gasteiger partial charge in [-0.05, 0) is 25.2 Å². The van der Waals surface area contributed by atoms with Crippen molar-refractivity contribution in [1.29, 1.82) is 0 Å². The SMILES string of the molecule is COC(=O)c1cnc2cc(C)nn2c1NC(=O)CC1C=CC=CC(C)C1. The summed E-state index contributed by atoms with van der Waals surface area (Å²) in [7, 11) is 1.29. The van der Waals surface area contributed by atoms with Crippen molar-refractivity contribution in [2.45, 2.75) is 26.7 Å². The van der Waals surface area contributed by atoms with Crippen LogP contribution in [0.1, 0.15) is 35.8 Å². The van der Waals surface area contributed by atoms with Crippen molar-refractivity contribution in [3.05, 3.63) is 47.8 Å². The van der Waals surface area contributed by atoms with Crippen molar-refractivity contribution < 1.29 is 14.3 Å². The van der Waals surface area contributed by atoms with Gasteiger partial charge in [0.25, 0.3) is 0 Å². The monoisotopic (exact) mass is 354 g/mol. The molecular formula is C19H22N4O3. The zero-order chi connectivity index (χ0) is 18.7. The maximum Gasteiger partial charge on any atom is 0.343 e. The van der Waals surface area contributed by atoms with Crippen LogP contribution >= 0.6 is 0 Å². The van der Waals surface area contributed by atoms with Crippen molar-refractivity contribution in [3.63, 3.8) is 0 Å². The molecule has 7 heteroatoms. The molecule has 0 aliphatic heterocycles. The molecule has 0 saturated carbocycles. The normalized spacial score (nSPS) is 19.3. The molecule has 0 aromatic carbocycles. The highest BCUT2D eigenvalue weighted by Crippen LogP contribution is 2.23. The topological polar surface area (TPSA) is 85.6 Å². The summed E-state index contributed by atoms with van der Waals surface area (Å²) in [4.78, 5) is 28.9. The van der Waals surface area contributed by atoms with Gasteiger partial charge in [0.15, 0.2) is 11.5 Å². The Morgan fingerprint density at radius 3 is 2.88 bits per heavy atom. The molecule has 2 heterocycles. The largest absolute Gasteiger partial charge is 0.465 e. The highest BCUT2D eigenvalue weighted by atomic mass is 16.5. The van der Waals surface area contributed by atoms with E-state index in [9.17, 15) is 9.59 Å². The summed E-state index contributed by atoms with van der Waals surface area (Å²) in [6, 6.07) is 1.78. The number of rotatable bonds is 4. The zero-order valence-corrected chi connectivity index (χ0v) is 15.1. The minimum absolute atomic E-state index is 0.137. The molecule has 2 unspecified atom stereocenters. The van der Waals surface area contributed by atoms with Crippen LogP contribution < -0.4 is 5.32 Å². The van der Waals surface area contributed by atoms with Gasteiger partial charge in [0.2, 0.25) is 5.91 Å². The van der Waals surface area contributed by atoms with E-state index in [0.717, 1.165) is 12.1 Å². The number of nitrogens with zero attached hydrogens (tertiary/aromatic N) is 3. The molecule has 0 spiro atoms. The number of aromatic nitrogens is 3. The van der Waals surface area contributed by atoms with Gasteiger partial charge in [-0.2, -0.15) is 9.61 Å². The molecule has 0 radical (unpaired) electrons. The summed E-state index contributed by atoms with van der Waals surface area (Å²) in [6.45, 7) is 3.95. The number of carbonyl (C=O) groups excluding carboxylic acids is 2. The van der Waals surface area contributed by atoms with Crippen LogP contribution in [0.4, 0.5) is 5.82 Å². The Balaban J connectivity index is 1.86. The summed E-state index contributed by atoms with van der Waals surface area (Å²) in [5.74, 6) is 0.0754. The Bertz CT molecular complexity index is 898. The zero-order valence-electron chi connectivity index (χ0n) is 15.1. The van der Waals surface area contributed by atoms with Crippen LogP contribution in [0.5, 0.6) is 0 Å². The third-order valence-corrected chi connectivity index (χ3v) is 4.32. The number of anilines is 1. The average Bonchev–Trinajstić information content (AvgIpc) is 2.86. The lowest BCUT2D eigenvalue weighted by Gasteiger charge is -2.15. The second-order valence-corrected chi connectivity index (χ2v) is 6.56. The molecule has 1 N–H and O–H groups in total. The number of ether oxygens (including phenoxy) is 1. The van der Waals surface area contributed by atoms with Crippen LogP contribution in [0, 0.1) is 18.8 Å². The number of nitrogens with one attached hydrogen (secondary N) is 1. The van der Waals surface area contributed by atoms with Crippen LogP contribution in [0.3, 0.4) is 0 Å². The van der Waals surface area contributed by atoms with Crippen LogP contribution in [-0.4, -0.2) is 33.6 Å². The molecule has 136 valence electrons. The summed E-state index contributed by atoms with van der Waals surface area (Å²) in [6.07, 6.45) is 10.8. The van der Waals surface area contributed by atoms with Crippen molar-refractivity contribution in [2.24, 2.45) is 11.8 Å². The van der Waals surface area contributed by atoms with Gasteiger partial charge in [0, 0.05) is 18.7 Å². The van der Waals surface area contributed by atoms with Crippen molar-refractivity contribution >= 4 is 23.3 Å². The summed E-state index contributed by atoms with van der Waals surface area (Å²) < 4.78 is 6.27. The first-order valence-corrected chi connectivity index (χ1v) is 8.56. The lowest BCUT2D eigenvalue weighted by atomic mass is 9.94. The van der Waals surface area contributed by atoms with E-state index in [4.69, 9.17) is 4.74 Å². The second kappa shape index (κ2) is 7.51. The fourth-order valence-electron chi connectivity index (χ4n) is 3.11. The molecule has 0 bridgehead atoms. The smallest absolute Gasteiger partial charge is 0.343 e. The first kappa shape index (κ1) is 17.8. The molecule has 1 aliphatic carbocycles. The predicted molar refractivity (Wildman–Crippen MR) is 97.9 cm³/mol. The molecule has 0 fully saturated rings. The highest BCUT2D eigenvalue weighted by Gasteiger charge is 2.21. The van der Waals surface area contributed by atoms with Gasteiger partial charge in [-0.15, -0.1) is 0 Å². The Morgan fingerprint density at radius 2 is 2.12 bits per heavy atom. The molecule has 0 saturated heterocycles. The summed E-state index contributed by atoms with van der Waals surface area (Å²) >= 11 is 0. The second-order valence-electron chi connectivity index (χ2n) is 6.56.